The lowest BCUT2D eigenvalue weighted by Crippen LogP contribution is -1.85. The first-order chi connectivity index (χ1) is 40.9. The Bertz CT molecular complexity index is 2250. The summed E-state index contributed by atoms with van der Waals surface area (Å²) in [7, 11) is 0. The normalized spacial score (nSPS) is 17.5. The number of benzene rings is 2. The van der Waals surface area contributed by atoms with Gasteiger partial charge in [0.25, 0.3) is 0 Å². The summed E-state index contributed by atoms with van der Waals surface area (Å²) in [6.45, 7) is 1.96. The second kappa shape index (κ2) is 57.6. The van der Waals surface area contributed by atoms with E-state index in [1.165, 1.54) is 158 Å². The molecule has 0 unspecified atom stereocenters. The molecule has 0 atom stereocenters. The number of thiophene rings is 1. The van der Waals surface area contributed by atoms with Crippen LogP contribution in [0.2, 0.25) is 0 Å². The van der Waals surface area contributed by atoms with Gasteiger partial charge in [0.1, 0.15) is 0 Å². The zero-order chi connectivity index (χ0) is 57.5. The lowest BCUT2D eigenvalue weighted by atomic mass is 10.0. The van der Waals surface area contributed by atoms with Gasteiger partial charge < -0.3 is 4.42 Å². The molecule has 16 rings (SSSR count). The maximum atomic E-state index is 5.08. The Hall–Kier alpha value is -6.62. The number of hydrogen-bond donors (Lipinski definition) is 0. The zero-order valence-electron chi connectivity index (χ0n) is 50.3. The van der Waals surface area contributed by atoms with Crippen molar-refractivity contribution in [1.82, 2.24) is 0 Å². The van der Waals surface area contributed by atoms with Crippen LogP contribution >= 0.6 is 11.3 Å². The van der Waals surface area contributed by atoms with E-state index < -0.39 is 0 Å². The van der Waals surface area contributed by atoms with Gasteiger partial charge in [0, 0.05) is 18.1 Å². The largest absolute Gasteiger partial charge is 0.454 e. The van der Waals surface area contributed by atoms with Gasteiger partial charge in [0.2, 0.25) is 0 Å². The summed E-state index contributed by atoms with van der Waals surface area (Å²) in [5.41, 5.74) is 2.84. The topological polar surface area (TPSA) is 37.9 Å². The monoisotopic (exact) mass is 1120 g/mol. The molecule has 2 aromatic heterocycles. The molecule has 12 aliphatic rings. The minimum absolute atomic E-state index is 0.889. The molecule has 0 spiro atoms. The highest BCUT2D eigenvalue weighted by atomic mass is 32.1. The van der Waals surface area contributed by atoms with Crippen LogP contribution in [0.4, 0.5) is 0 Å². The summed E-state index contributed by atoms with van der Waals surface area (Å²) < 4.78 is 5.08. The molecule has 2 fully saturated rings. The SMILES string of the molecule is C1=CC=CCC=C1.C1=CCC=C1.C1=CCC=C1.C1=CCC=CC1.C1=CCCC1.C1=CCCC1.C1=CCCC1.C1=CCN=C1.C1=Cc2ccccc2C1.C1=NCCC1.C1CCCC1.C1CCCCC1.c1cc2ccsc2o1.c1ccccc1. The summed E-state index contributed by atoms with van der Waals surface area (Å²) in [4.78, 5) is 8.82. The summed E-state index contributed by atoms with van der Waals surface area (Å²) in [6.07, 6.45) is 103. The van der Waals surface area contributed by atoms with E-state index in [1.54, 1.807) is 23.8 Å². The average molecular weight is 1120 g/mol. The van der Waals surface area contributed by atoms with Crippen LogP contribution in [0.3, 0.4) is 0 Å². The second-order valence-electron chi connectivity index (χ2n) is 20.4. The number of fused-ring (bicyclic) bond motifs is 2. The minimum atomic E-state index is 0.889. The van der Waals surface area contributed by atoms with Crippen molar-refractivity contribution in [1.29, 1.82) is 0 Å². The van der Waals surface area contributed by atoms with E-state index in [2.05, 4.69) is 180 Å². The molecule has 4 heterocycles. The number of nitrogens with zero attached hydrogens (tertiary/aromatic N) is 2. The quantitative estimate of drug-likeness (QED) is 0.162. The highest BCUT2D eigenvalue weighted by Crippen LogP contribution is 2.21. The van der Waals surface area contributed by atoms with Crippen LogP contribution in [0.15, 0.2) is 263 Å². The first-order valence-corrected chi connectivity index (χ1v) is 32.5. The van der Waals surface area contributed by atoms with E-state index >= 15 is 0 Å². The van der Waals surface area contributed by atoms with Crippen molar-refractivity contribution in [2.45, 2.75) is 180 Å². The van der Waals surface area contributed by atoms with Crippen LogP contribution in [0.25, 0.3) is 16.4 Å². The lowest BCUT2D eigenvalue weighted by Gasteiger charge is -2.05. The molecule has 4 heteroatoms. The molecule has 0 bridgehead atoms. The van der Waals surface area contributed by atoms with Crippen LogP contribution in [-0.4, -0.2) is 25.5 Å². The van der Waals surface area contributed by atoms with Gasteiger partial charge in [-0.1, -0.05) is 295 Å². The molecule has 0 N–H and O–H groups in total. The Morgan fingerprint density at radius 1 is 0.341 bits per heavy atom. The third-order valence-electron chi connectivity index (χ3n) is 13.3. The third kappa shape index (κ3) is 46.0. The van der Waals surface area contributed by atoms with Crippen molar-refractivity contribution in [3.8, 4) is 0 Å². The molecular weight excluding hydrogens is 1010 g/mol. The van der Waals surface area contributed by atoms with E-state index in [0.29, 0.717) is 0 Å². The Labute approximate surface area is 504 Å². The van der Waals surface area contributed by atoms with Gasteiger partial charge in [-0.2, -0.15) is 0 Å². The van der Waals surface area contributed by atoms with Gasteiger partial charge in [-0.05, 0) is 150 Å². The smallest absolute Gasteiger partial charge is 0.187 e. The van der Waals surface area contributed by atoms with Crippen LogP contribution in [0.5, 0.6) is 0 Å². The van der Waals surface area contributed by atoms with Gasteiger partial charge in [0.15, 0.2) is 4.90 Å². The van der Waals surface area contributed by atoms with Gasteiger partial charge in [-0.25, -0.2) is 0 Å². The predicted octanol–water partition coefficient (Wildman–Crippen LogP) is 24.3. The van der Waals surface area contributed by atoms with Crippen LogP contribution in [-0.2, 0) is 6.42 Å². The summed E-state index contributed by atoms with van der Waals surface area (Å²) in [6, 6.07) is 24.5. The molecule has 0 amide bonds. The van der Waals surface area contributed by atoms with Crippen LogP contribution in [0, 0.1) is 0 Å². The molecule has 4 aromatic rings. The molecule has 2 aliphatic heterocycles. The van der Waals surface area contributed by atoms with E-state index in [-0.39, 0.29) is 0 Å². The number of aliphatic imine (C=N–C) groups is 2. The van der Waals surface area contributed by atoms with Gasteiger partial charge in [0.05, 0.1) is 12.8 Å². The molecular formula is C78H104N2OS. The van der Waals surface area contributed by atoms with E-state index in [0.717, 1.165) is 56.5 Å². The Morgan fingerprint density at radius 2 is 0.780 bits per heavy atom. The second-order valence-corrected chi connectivity index (χ2v) is 21.3. The first-order valence-electron chi connectivity index (χ1n) is 31.6. The van der Waals surface area contributed by atoms with Crippen LogP contribution in [0.1, 0.15) is 184 Å². The van der Waals surface area contributed by atoms with Crippen molar-refractivity contribution >= 4 is 40.1 Å². The Kier molecular flexibility index (Phi) is 48.9. The molecule has 438 valence electrons. The maximum absolute atomic E-state index is 5.08. The standard InChI is InChI=1S/C9H8.C7H8.C6H4OS.C6H12.C6H8.C6H6.C5H10.3C5H8.2C5H6.C4H7N.C4H5N/c1-2-5-9-7-3-6-8(9)4-1;1-2-4-6-7-5-3-1;1-3-7-6-5(1)2-4-8-6;3*1-2-4-6-5-3-1;8*1-2-4-5-3-1/h1-6H,7H2;1-6H,7H2;1-4H;1-6H2;1-2,5-6H,3-4H2;1-6H;1-5H2;3*1-2H,3-5H2;2*1-4H,5H2;3H,1-2,4H2;1-3H,4H2. The average Bonchev–Trinajstić information content (AvgIpc) is 4.41. The summed E-state index contributed by atoms with van der Waals surface area (Å²) in [5.74, 6) is 0. The minimum Gasteiger partial charge on any atom is -0.454 e. The van der Waals surface area contributed by atoms with Gasteiger partial charge in [-0.15, -0.1) is 11.3 Å². The third-order valence-corrected chi connectivity index (χ3v) is 14.1. The maximum Gasteiger partial charge on any atom is 0.187 e. The molecule has 10 aliphatic carbocycles. The number of hydrogen-bond acceptors (Lipinski definition) is 4. The van der Waals surface area contributed by atoms with Gasteiger partial charge >= 0.3 is 0 Å². The molecule has 2 aromatic carbocycles. The number of rotatable bonds is 0. The number of allylic oxidation sites excluding steroid dienone is 26. The van der Waals surface area contributed by atoms with Crippen molar-refractivity contribution < 1.29 is 4.42 Å². The highest BCUT2D eigenvalue weighted by molar-refractivity contribution is 7.16. The zero-order valence-corrected chi connectivity index (χ0v) is 51.1. The van der Waals surface area contributed by atoms with Crippen molar-refractivity contribution in [2.24, 2.45) is 9.98 Å². The molecule has 3 nitrogen and oxygen atoms in total. The first kappa shape index (κ1) is 69.6. The molecule has 0 saturated heterocycles. The van der Waals surface area contributed by atoms with E-state index in [9.17, 15) is 0 Å². The Balaban J connectivity index is 0.000000233. The Morgan fingerprint density at radius 3 is 1.10 bits per heavy atom. The fraction of sp³-hybridized carbons (Fsp3) is 0.385. The van der Waals surface area contributed by atoms with Crippen LogP contribution < -0.4 is 0 Å². The fourth-order valence-corrected chi connectivity index (χ4v) is 9.32. The summed E-state index contributed by atoms with van der Waals surface area (Å²) in [5, 5.41) is 3.23. The molecule has 82 heavy (non-hydrogen) atoms. The van der Waals surface area contributed by atoms with Crippen molar-refractivity contribution in [3.63, 3.8) is 0 Å². The molecule has 2 saturated carbocycles. The summed E-state index contributed by atoms with van der Waals surface area (Å²) >= 11 is 1.63. The molecule has 0 radical (unpaired) electrons. The van der Waals surface area contributed by atoms with Crippen molar-refractivity contribution in [2.75, 3.05) is 13.1 Å². The number of furan rings is 1. The van der Waals surface area contributed by atoms with Crippen molar-refractivity contribution in [3.05, 3.63) is 260 Å². The van der Waals surface area contributed by atoms with E-state index in [4.69, 9.17) is 4.42 Å². The van der Waals surface area contributed by atoms with Gasteiger partial charge in [-0.3, -0.25) is 9.98 Å². The highest BCUT2D eigenvalue weighted by Gasteiger charge is 2.00. The van der Waals surface area contributed by atoms with E-state index in [1.807, 2.05) is 84.4 Å². The predicted molar refractivity (Wildman–Crippen MR) is 370 cm³/mol. The fourth-order valence-electron chi connectivity index (χ4n) is 8.60. The lowest BCUT2D eigenvalue weighted by molar-refractivity contribution is 0.504.